The van der Waals surface area contributed by atoms with Crippen LogP contribution in [0.1, 0.15) is 25.8 Å². The molecule has 0 saturated heterocycles. The summed E-state index contributed by atoms with van der Waals surface area (Å²) >= 11 is 0. The number of ether oxygens (including phenoxy) is 1. The van der Waals surface area contributed by atoms with E-state index in [1.165, 1.54) is 0 Å². The summed E-state index contributed by atoms with van der Waals surface area (Å²) in [7, 11) is 0. The number of hydrogen-bond donors (Lipinski definition) is 2. The van der Waals surface area contributed by atoms with Gasteiger partial charge in [-0.25, -0.2) is 0 Å². The fourth-order valence-corrected chi connectivity index (χ4v) is 2.60. The highest BCUT2D eigenvalue weighted by atomic mass is 16.5. The first kappa shape index (κ1) is 20.4. The molecular formula is C21H26N2O4. The Morgan fingerprint density at radius 3 is 2.48 bits per heavy atom. The molecule has 2 N–H and O–H groups in total. The van der Waals surface area contributed by atoms with Crippen LogP contribution in [0.5, 0.6) is 0 Å². The molecule has 0 radical (unpaired) electrons. The Labute approximate surface area is 159 Å². The number of esters is 1. The molecule has 0 fully saturated rings. The molecule has 2 aromatic carbocycles. The van der Waals surface area contributed by atoms with Gasteiger partial charge in [-0.1, -0.05) is 56.3 Å². The zero-order valence-corrected chi connectivity index (χ0v) is 15.8. The van der Waals surface area contributed by atoms with E-state index in [1.54, 1.807) is 0 Å². The highest BCUT2D eigenvalue weighted by Gasteiger charge is 2.11. The summed E-state index contributed by atoms with van der Waals surface area (Å²) in [6.07, 6.45) is 1.04. The van der Waals surface area contributed by atoms with E-state index in [-0.39, 0.29) is 31.4 Å². The van der Waals surface area contributed by atoms with Crippen LogP contribution in [0.2, 0.25) is 0 Å². The van der Waals surface area contributed by atoms with E-state index < -0.39 is 5.97 Å². The summed E-state index contributed by atoms with van der Waals surface area (Å²) in [4.78, 5) is 35.3. The van der Waals surface area contributed by atoms with Crippen LogP contribution in [0.15, 0.2) is 42.5 Å². The predicted octanol–water partition coefficient (Wildman–Crippen LogP) is 2.20. The van der Waals surface area contributed by atoms with Crippen LogP contribution in [0.3, 0.4) is 0 Å². The Bertz CT molecular complexity index is 796. The van der Waals surface area contributed by atoms with Crippen LogP contribution in [0.25, 0.3) is 10.8 Å². The van der Waals surface area contributed by atoms with Crippen LogP contribution in [0, 0.1) is 5.92 Å². The van der Waals surface area contributed by atoms with E-state index in [0.717, 1.165) is 22.8 Å². The number of carbonyl (C=O) groups is 3. The third kappa shape index (κ3) is 7.09. The molecule has 0 unspecified atom stereocenters. The van der Waals surface area contributed by atoms with E-state index in [4.69, 9.17) is 4.74 Å². The third-order valence-electron chi connectivity index (χ3n) is 4.07. The molecule has 6 heteroatoms. The zero-order valence-electron chi connectivity index (χ0n) is 15.8. The quantitative estimate of drug-likeness (QED) is 0.663. The van der Waals surface area contributed by atoms with E-state index in [9.17, 15) is 14.4 Å². The minimum Gasteiger partial charge on any atom is -0.454 e. The second-order valence-corrected chi connectivity index (χ2v) is 6.78. The average Bonchev–Trinajstić information content (AvgIpc) is 2.65. The maximum atomic E-state index is 12.1. The van der Waals surface area contributed by atoms with Crippen molar-refractivity contribution in [2.45, 2.75) is 26.7 Å². The lowest BCUT2D eigenvalue weighted by Crippen LogP contribution is -2.35. The van der Waals surface area contributed by atoms with Crippen molar-refractivity contribution in [3.8, 4) is 0 Å². The Kier molecular flexibility index (Phi) is 7.79. The molecule has 2 aromatic rings. The van der Waals surface area contributed by atoms with Gasteiger partial charge in [0.05, 0.1) is 6.42 Å². The molecule has 0 atom stereocenters. The zero-order chi connectivity index (χ0) is 19.6. The predicted molar refractivity (Wildman–Crippen MR) is 104 cm³/mol. The average molecular weight is 370 g/mol. The monoisotopic (exact) mass is 370 g/mol. The smallest absolute Gasteiger partial charge is 0.325 e. The van der Waals surface area contributed by atoms with Crippen LogP contribution in [-0.4, -0.2) is 37.5 Å². The molecule has 0 aromatic heterocycles. The highest BCUT2D eigenvalue weighted by Crippen LogP contribution is 2.18. The molecule has 0 spiro atoms. The summed E-state index contributed by atoms with van der Waals surface area (Å²) in [6, 6.07) is 13.6. The molecule has 6 nitrogen and oxygen atoms in total. The van der Waals surface area contributed by atoms with E-state index in [2.05, 4.69) is 24.5 Å². The summed E-state index contributed by atoms with van der Waals surface area (Å²) < 4.78 is 4.87. The summed E-state index contributed by atoms with van der Waals surface area (Å²) in [5, 5.41) is 7.28. The van der Waals surface area contributed by atoms with Crippen molar-refractivity contribution < 1.29 is 19.1 Å². The second kappa shape index (κ2) is 10.3. The topological polar surface area (TPSA) is 84.5 Å². The van der Waals surface area contributed by atoms with Crippen molar-refractivity contribution in [1.29, 1.82) is 0 Å². The van der Waals surface area contributed by atoms with Crippen LogP contribution in [-0.2, 0) is 25.5 Å². The van der Waals surface area contributed by atoms with Gasteiger partial charge in [0, 0.05) is 6.54 Å². The standard InChI is InChI=1S/C21H26N2O4/c1-15(2)10-11-22-20(25)14-27-21(26)13-23-19(24)12-17-8-5-7-16-6-3-4-9-18(16)17/h3-9,15H,10-14H2,1-2H3,(H,22,25)(H,23,24). The van der Waals surface area contributed by atoms with Gasteiger partial charge in [-0.3, -0.25) is 14.4 Å². The van der Waals surface area contributed by atoms with Gasteiger partial charge in [0.2, 0.25) is 5.91 Å². The van der Waals surface area contributed by atoms with Crippen molar-refractivity contribution in [3.63, 3.8) is 0 Å². The number of nitrogens with one attached hydrogen (secondary N) is 2. The SMILES string of the molecule is CC(C)CCNC(=O)COC(=O)CNC(=O)Cc1cccc2ccccc12. The number of rotatable bonds is 9. The minimum absolute atomic E-state index is 0.171. The molecule has 0 aliphatic rings. The van der Waals surface area contributed by atoms with E-state index >= 15 is 0 Å². The lowest BCUT2D eigenvalue weighted by atomic mass is 10.0. The number of fused-ring (bicyclic) bond motifs is 1. The van der Waals surface area contributed by atoms with Crippen molar-refractivity contribution in [2.75, 3.05) is 19.7 Å². The lowest BCUT2D eigenvalue weighted by molar-refractivity contribution is -0.148. The van der Waals surface area contributed by atoms with Gasteiger partial charge >= 0.3 is 5.97 Å². The number of carbonyl (C=O) groups excluding carboxylic acids is 3. The number of benzene rings is 2. The van der Waals surface area contributed by atoms with Gasteiger partial charge in [0.15, 0.2) is 6.61 Å². The van der Waals surface area contributed by atoms with Crippen molar-refractivity contribution in [1.82, 2.24) is 10.6 Å². The second-order valence-electron chi connectivity index (χ2n) is 6.78. The van der Waals surface area contributed by atoms with Gasteiger partial charge in [-0.2, -0.15) is 0 Å². The Morgan fingerprint density at radius 2 is 1.70 bits per heavy atom. The molecule has 0 aliphatic carbocycles. The van der Waals surface area contributed by atoms with Crippen LogP contribution >= 0.6 is 0 Å². The maximum absolute atomic E-state index is 12.1. The molecule has 0 heterocycles. The van der Waals surface area contributed by atoms with Gasteiger partial charge in [-0.05, 0) is 28.7 Å². The van der Waals surface area contributed by atoms with E-state index in [0.29, 0.717) is 12.5 Å². The van der Waals surface area contributed by atoms with Gasteiger partial charge in [-0.15, -0.1) is 0 Å². The van der Waals surface area contributed by atoms with Crippen LogP contribution < -0.4 is 10.6 Å². The van der Waals surface area contributed by atoms with Crippen LogP contribution in [0.4, 0.5) is 0 Å². The highest BCUT2D eigenvalue weighted by molar-refractivity contribution is 5.91. The Balaban J connectivity index is 1.72. The largest absolute Gasteiger partial charge is 0.454 e. The van der Waals surface area contributed by atoms with Gasteiger partial charge in [0.1, 0.15) is 6.54 Å². The first-order valence-electron chi connectivity index (χ1n) is 9.11. The van der Waals surface area contributed by atoms with Gasteiger partial charge in [0.25, 0.3) is 5.91 Å². The molecule has 0 bridgehead atoms. The van der Waals surface area contributed by atoms with Gasteiger partial charge < -0.3 is 15.4 Å². The number of amides is 2. The fourth-order valence-electron chi connectivity index (χ4n) is 2.60. The van der Waals surface area contributed by atoms with Crippen molar-refractivity contribution in [2.24, 2.45) is 5.92 Å². The molecule has 27 heavy (non-hydrogen) atoms. The first-order valence-corrected chi connectivity index (χ1v) is 9.11. The summed E-state index contributed by atoms with van der Waals surface area (Å²) in [6.45, 7) is 4.08. The normalized spacial score (nSPS) is 10.6. The molecule has 2 amide bonds. The molecule has 0 aliphatic heterocycles. The van der Waals surface area contributed by atoms with Crippen molar-refractivity contribution in [3.05, 3.63) is 48.0 Å². The van der Waals surface area contributed by atoms with E-state index in [1.807, 2.05) is 42.5 Å². The first-order chi connectivity index (χ1) is 13.0. The molecule has 2 rings (SSSR count). The Morgan fingerprint density at radius 1 is 0.963 bits per heavy atom. The molecule has 144 valence electrons. The molecular weight excluding hydrogens is 344 g/mol. The maximum Gasteiger partial charge on any atom is 0.325 e. The summed E-state index contributed by atoms with van der Waals surface area (Å²) in [5.41, 5.74) is 0.892. The molecule has 0 saturated carbocycles. The third-order valence-corrected chi connectivity index (χ3v) is 4.07. The minimum atomic E-state index is -0.639. The number of hydrogen-bond acceptors (Lipinski definition) is 4. The lowest BCUT2D eigenvalue weighted by Gasteiger charge is -2.09. The fraction of sp³-hybridized carbons (Fsp3) is 0.381. The Hall–Kier alpha value is -2.89. The van der Waals surface area contributed by atoms with Crippen molar-refractivity contribution >= 4 is 28.6 Å². The summed E-state index contributed by atoms with van der Waals surface area (Å²) in [5.74, 6) is -0.763.